The summed E-state index contributed by atoms with van der Waals surface area (Å²) < 4.78 is 0. The zero-order valence-corrected chi connectivity index (χ0v) is 12.7. The van der Waals surface area contributed by atoms with Crippen LogP contribution in [0.3, 0.4) is 0 Å². The molecule has 1 unspecified atom stereocenters. The second-order valence-corrected chi connectivity index (χ2v) is 5.54. The lowest BCUT2D eigenvalue weighted by Crippen LogP contribution is -2.00. The maximum Gasteiger partial charge on any atom is 0.160 e. The summed E-state index contributed by atoms with van der Waals surface area (Å²) in [7, 11) is 0. The molecule has 0 heterocycles. The van der Waals surface area contributed by atoms with Crippen molar-refractivity contribution in [3.05, 3.63) is 59.7 Å². The number of aliphatic hydroxyl groups is 1. The fourth-order valence-electron chi connectivity index (χ4n) is 2.49. The van der Waals surface area contributed by atoms with Gasteiger partial charge in [0, 0.05) is 5.56 Å². The van der Waals surface area contributed by atoms with Crippen molar-refractivity contribution < 1.29 is 9.90 Å². The van der Waals surface area contributed by atoms with Crippen LogP contribution >= 0.6 is 0 Å². The molecule has 0 aliphatic carbocycles. The second-order valence-electron chi connectivity index (χ2n) is 5.54. The lowest BCUT2D eigenvalue weighted by atomic mass is 9.96. The van der Waals surface area contributed by atoms with Crippen LogP contribution in [0.25, 0.3) is 11.1 Å². The quantitative estimate of drug-likeness (QED) is 0.804. The second kappa shape index (κ2) is 7.19. The van der Waals surface area contributed by atoms with Crippen molar-refractivity contribution in [2.75, 3.05) is 0 Å². The Bertz CT molecular complexity index is 597. The maximum atomic E-state index is 11.7. The minimum Gasteiger partial charge on any atom is -0.393 e. The van der Waals surface area contributed by atoms with Crippen molar-refractivity contribution >= 4 is 5.78 Å². The van der Waals surface area contributed by atoms with Crippen LogP contribution in [0.1, 0.15) is 42.6 Å². The summed E-state index contributed by atoms with van der Waals surface area (Å²) >= 11 is 0. The molecule has 0 aliphatic rings. The Balaban J connectivity index is 2.14. The van der Waals surface area contributed by atoms with Gasteiger partial charge in [-0.05, 0) is 49.8 Å². The van der Waals surface area contributed by atoms with Gasteiger partial charge in [0.05, 0.1) is 6.10 Å². The average Bonchev–Trinajstić information content (AvgIpc) is 2.47. The van der Waals surface area contributed by atoms with Gasteiger partial charge in [-0.25, -0.2) is 0 Å². The van der Waals surface area contributed by atoms with Crippen LogP contribution in [0.5, 0.6) is 0 Å². The zero-order chi connectivity index (χ0) is 15.2. The van der Waals surface area contributed by atoms with Crippen LogP contribution in [0, 0.1) is 0 Å². The standard InChI is InChI=1S/C19H22O2/c1-14(20)6-5-7-16-10-12-17(13-11-16)19-9-4-3-8-18(19)15(2)21/h3-4,8-14,20H,5-7H2,1-2H3. The SMILES string of the molecule is CC(=O)c1ccccc1-c1ccc(CCCC(C)O)cc1. The number of hydrogen-bond acceptors (Lipinski definition) is 2. The first kappa shape index (κ1) is 15.5. The molecule has 0 aliphatic heterocycles. The minimum absolute atomic E-state index is 0.0895. The Hall–Kier alpha value is -1.93. The lowest BCUT2D eigenvalue weighted by molar-refractivity contribution is 0.101. The van der Waals surface area contributed by atoms with E-state index in [-0.39, 0.29) is 11.9 Å². The Labute approximate surface area is 126 Å². The van der Waals surface area contributed by atoms with Gasteiger partial charge in [0.1, 0.15) is 0 Å². The van der Waals surface area contributed by atoms with Crippen molar-refractivity contribution in [2.24, 2.45) is 0 Å². The van der Waals surface area contributed by atoms with Crippen molar-refractivity contribution in [2.45, 2.75) is 39.2 Å². The Morgan fingerprint density at radius 1 is 1.10 bits per heavy atom. The van der Waals surface area contributed by atoms with E-state index in [0.717, 1.165) is 36.0 Å². The monoisotopic (exact) mass is 282 g/mol. The smallest absolute Gasteiger partial charge is 0.160 e. The highest BCUT2D eigenvalue weighted by atomic mass is 16.3. The predicted octanol–water partition coefficient (Wildman–Crippen LogP) is 4.26. The van der Waals surface area contributed by atoms with E-state index in [2.05, 4.69) is 24.3 Å². The van der Waals surface area contributed by atoms with Gasteiger partial charge in [-0.2, -0.15) is 0 Å². The van der Waals surface area contributed by atoms with E-state index < -0.39 is 0 Å². The normalized spacial score (nSPS) is 12.1. The number of carbonyl (C=O) groups excluding carboxylic acids is 1. The van der Waals surface area contributed by atoms with Crippen LogP contribution in [0.4, 0.5) is 0 Å². The third kappa shape index (κ3) is 4.27. The first-order chi connectivity index (χ1) is 10.1. The number of rotatable bonds is 6. The number of aliphatic hydroxyl groups excluding tert-OH is 1. The van der Waals surface area contributed by atoms with E-state index in [9.17, 15) is 9.90 Å². The Kier molecular flexibility index (Phi) is 5.29. The molecule has 2 rings (SSSR count). The number of aryl methyl sites for hydroxylation is 1. The van der Waals surface area contributed by atoms with E-state index in [4.69, 9.17) is 0 Å². The molecular formula is C19H22O2. The molecule has 21 heavy (non-hydrogen) atoms. The number of hydrogen-bond donors (Lipinski definition) is 1. The van der Waals surface area contributed by atoms with Crippen molar-refractivity contribution in [1.82, 2.24) is 0 Å². The van der Waals surface area contributed by atoms with Crippen molar-refractivity contribution in [3.8, 4) is 11.1 Å². The third-order valence-electron chi connectivity index (χ3n) is 3.66. The Morgan fingerprint density at radius 3 is 2.38 bits per heavy atom. The number of Topliss-reactive ketones (excluding diaryl/α,β-unsaturated/α-hetero) is 1. The predicted molar refractivity (Wildman–Crippen MR) is 86.5 cm³/mol. The number of ketones is 1. The summed E-state index contributed by atoms with van der Waals surface area (Å²) in [6.45, 7) is 3.42. The molecule has 0 aromatic heterocycles. The number of benzene rings is 2. The molecule has 0 saturated carbocycles. The molecule has 1 N–H and O–H groups in total. The van der Waals surface area contributed by atoms with E-state index in [1.807, 2.05) is 31.2 Å². The van der Waals surface area contributed by atoms with Crippen LogP contribution in [0.15, 0.2) is 48.5 Å². The molecule has 2 aromatic rings. The molecule has 2 heteroatoms. The van der Waals surface area contributed by atoms with E-state index in [1.54, 1.807) is 6.92 Å². The molecule has 0 bridgehead atoms. The molecule has 0 amide bonds. The van der Waals surface area contributed by atoms with Gasteiger partial charge in [-0.3, -0.25) is 4.79 Å². The summed E-state index contributed by atoms with van der Waals surface area (Å²) in [5.41, 5.74) is 4.08. The molecule has 110 valence electrons. The third-order valence-corrected chi connectivity index (χ3v) is 3.66. The number of carbonyl (C=O) groups is 1. The fraction of sp³-hybridized carbons (Fsp3) is 0.316. The summed E-state index contributed by atoms with van der Waals surface area (Å²) in [6.07, 6.45) is 2.56. The van der Waals surface area contributed by atoms with E-state index in [0.29, 0.717) is 0 Å². The van der Waals surface area contributed by atoms with Crippen LogP contribution < -0.4 is 0 Å². The molecule has 2 aromatic carbocycles. The van der Waals surface area contributed by atoms with Crippen LogP contribution in [-0.2, 0) is 6.42 Å². The molecular weight excluding hydrogens is 260 g/mol. The molecule has 2 nitrogen and oxygen atoms in total. The minimum atomic E-state index is -0.230. The highest BCUT2D eigenvalue weighted by molar-refractivity contribution is 6.00. The average molecular weight is 282 g/mol. The molecule has 0 radical (unpaired) electrons. The maximum absolute atomic E-state index is 11.7. The first-order valence-electron chi connectivity index (χ1n) is 7.45. The molecule has 0 saturated heterocycles. The van der Waals surface area contributed by atoms with Gasteiger partial charge in [-0.15, -0.1) is 0 Å². The molecule has 0 fully saturated rings. The fourth-order valence-corrected chi connectivity index (χ4v) is 2.49. The topological polar surface area (TPSA) is 37.3 Å². The van der Waals surface area contributed by atoms with Gasteiger partial charge in [0.25, 0.3) is 0 Å². The van der Waals surface area contributed by atoms with Crippen molar-refractivity contribution in [3.63, 3.8) is 0 Å². The van der Waals surface area contributed by atoms with Crippen molar-refractivity contribution in [1.29, 1.82) is 0 Å². The Morgan fingerprint density at radius 2 is 1.76 bits per heavy atom. The summed E-state index contributed by atoms with van der Waals surface area (Å²) in [5.74, 6) is 0.0895. The van der Waals surface area contributed by atoms with E-state index in [1.165, 1.54) is 5.56 Å². The zero-order valence-electron chi connectivity index (χ0n) is 12.7. The van der Waals surface area contributed by atoms with Gasteiger partial charge in [0.15, 0.2) is 5.78 Å². The largest absolute Gasteiger partial charge is 0.393 e. The first-order valence-corrected chi connectivity index (χ1v) is 7.45. The lowest BCUT2D eigenvalue weighted by Gasteiger charge is -2.09. The van der Waals surface area contributed by atoms with E-state index >= 15 is 0 Å². The van der Waals surface area contributed by atoms with Gasteiger partial charge >= 0.3 is 0 Å². The van der Waals surface area contributed by atoms with Gasteiger partial charge in [0.2, 0.25) is 0 Å². The summed E-state index contributed by atoms with van der Waals surface area (Å²) in [5, 5.41) is 9.27. The molecule has 1 atom stereocenters. The van der Waals surface area contributed by atoms with Crippen LogP contribution in [0.2, 0.25) is 0 Å². The van der Waals surface area contributed by atoms with Crippen LogP contribution in [-0.4, -0.2) is 17.0 Å². The highest BCUT2D eigenvalue weighted by Gasteiger charge is 2.08. The van der Waals surface area contributed by atoms with Gasteiger partial charge in [-0.1, -0.05) is 48.5 Å². The molecule has 0 spiro atoms. The summed E-state index contributed by atoms with van der Waals surface area (Å²) in [6, 6.07) is 16.1. The highest BCUT2D eigenvalue weighted by Crippen LogP contribution is 2.24. The van der Waals surface area contributed by atoms with Gasteiger partial charge < -0.3 is 5.11 Å². The summed E-state index contributed by atoms with van der Waals surface area (Å²) in [4.78, 5) is 11.7.